The summed E-state index contributed by atoms with van der Waals surface area (Å²) in [6.07, 6.45) is 1.49. The molecule has 1 saturated carbocycles. The Morgan fingerprint density at radius 3 is 1.97 bits per heavy atom. The van der Waals surface area contributed by atoms with Crippen molar-refractivity contribution in [3.63, 3.8) is 0 Å². The molecule has 1 aliphatic carbocycles. The summed E-state index contributed by atoms with van der Waals surface area (Å²) in [5.41, 5.74) is 1.76. The van der Waals surface area contributed by atoms with Crippen LogP contribution in [-0.4, -0.2) is 55.2 Å². The number of sulfonamides is 1. The van der Waals surface area contributed by atoms with Crippen molar-refractivity contribution in [2.24, 2.45) is 5.92 Å². The van der Waals surface area contributed by atoms with Crippen molar-refractivity contribution in [1.82, 2.24) is 4.31 Å². The minimum absolute atomic E-state index is 0.0457. The van der Waals surface area contributed by atoms with E-state index in [1.54, 1.807) is 19.2 Å². The lowest BCUT2D eigenvalue weighted by Gasteiger charge is -2.34. The molecule has 3 rings (SSSR count). The fourth-order valence-electron chi connectivity index (χ4n) is 3.99. The number of likely N-dealkylation sites (N-methyl/N-ethyl adjacent to an activating group) is 1. The second kappa shape index (κ2) is 9.16. The fraction of sp³-hybridized carbons (Fsp3) is 0.409. The van der Waals surface area contributed by atoms with E-state index in [1.807, 2.05) is 24.3 Å². The van der Waals surface area contributed by atoms with Gasteiger partial charge in [-0.1, -0.05) is 24.3 Å². The number of nitrogens with zero attached hydrogens (tertiary/aromatic N) is 1. The molecule has 162 valence electrons. The van der Waals surface area contributed by atoms with E-state index < -0.39 is 28.1 Å². The number of aliphatic hydroxyl groups is 1. The van der Waals surface area contributed by atoms with Crippen LogP contribution in [0.2, 0.25) is 0 Å². The van der Waals surface area contributed by atoms with E-state index >= 15 is 0 Å². The molecule has 2 N–H and O–H groups in total. The first kappa shape index (κ1) is 22.3. The third kappa shape index (κ3) is 4.66. The van der Waals surface area contributed by atoms with E-state index in [4.69, 9.17) is 4.74 Å². The standard InChI is InChI=1S/C22H27NO6S/c1-23(21(22(25)26)17-3-9-18(24)10-4-17)30(27,28)20-13-7-16(8-14-20)15-5-11-19(29-2)12-6-15/h5-8,11-14,17-18,21,24H,3-4,9-10H2,1-2H3,(H,25,26)/t17?,18?,21-/m1/s1. The number of hydrogen-bond donors (Lipinski definition) is 2. The van der Waals surface area contributed by atoms with Crippen LogP contribution in [0.5, 0.6) is 5.75 Å². The maximum absolute atomic E-state index is 13.1. The largest absolute Gasteiger partial charge is 0.497 e. The number of ether oxygens (including phenoxy) is 1. The Balaban J connectivity index is 1.82. The number of aliphatic carboxylic acids is 1. The van der Waals surface area contributed by atoms with Crippen LogP contribution in [-0.2, 0) is 14.8 Å². The van der Waals surface area contributed by atoms with Crippen LogP contribution in [0.1, 0.15) is 25.7 Å². The summed E-state index contributed by atoms with van der Waals surface area (Å²) in [5.74, 6) is -0.768. The number of methoxy groups -OCH3 is 1. The highest BCUT2D eigenvalue weighted by Crippen LogP contribution is 2.32. The van der Waals surface area contributed by atoms with Gasteiger partial charge in [0.25, 0.3) is 0 Å². The molecule has 0 aliphatic heterocycles. The van der Waals surface area contributed by atoms with E-state index in [1.165, 1.54) is 19.2 Å². The first-order valence-electron chi connectivity index (χ1n) is 9.87. The zero-order valence-electron chi connectivity index (χ0n) is 17.1. The second-order valence-corrected chi connectivity index (χ2v) is 9.62. The van der Waals surface area contributed by atoms with Gasteiger partial charge in [-0.15, -0.1) is 0 Å². The van der Waals surface area contributed by atoms with E-state index in [-0.39, 0.29) is 10.8 Å². The Bertz CT molecular complexity index is 964. The van der Waals surface area contributed by atoms with Crippen molar-refractivity contribution in [2.75, 3.05) is 14.2 Å². The van der Waals surface area contributed by atoms with Gasteiger partial charge in [-0.2, -0.15) is 4.31 Å². The van der Waals surface area contributed by atoms with E-state index in [0.29, 0.717) is 25.7 Å². The van der Waals surface area contributed by atoms with Gasteiger partial charge in [-0.05, 0) is 67.0 Å². The summed E-state index contributed by atoms with van der Waals surface area (Å²) < 4.78 is 32.3. The van der Waals surface area contributed by atoms with Gasteiger partial charge < -0.3 is 14.9 Å². The molecule has 0 unspecified atom stereocenters. The summed E-state index contributed by atoms with van der Waals surface area (Å²) in [6.45, 7) is 0. The van der Waals surface area contributed by atoms with Crippen LogP contribution in [0.15, 0.2) is 53.4 Å². The summed E-state index contributed by atoms with van der Waals surface area (Å²) >= 11 is 0. The SMILES string of the molecule is COc1ccc(-c2ccc(S(=O)(=O)N(C)[C@@H](C(=O)O)C3CCC(O)CC3)cc2)cc1. The van der Waals surface area contributed by atoms with Crippen LogP contribution in [0.4, 0.5) is 0 Å². The molecule has 0 heterocycles. The third-order valence-electron chi connectivity index (χ3n) is 5.79. The normalized spacial score (nSPS) is 20.7. The molecule has 0 bridgehead atoms. The highest BCUT2D eigenvalue weighted by molar-refractivity contribution is 7.89. The Morgan fingerprint density at radius 1 is 1.00 bits per heavy atom. The highest BCUT2D eigenvalue weighted by Gasteiger charge is 2.39. The van der Waals surface area contributed by atoms with Gasteiger partial charge in [0, 0.05) is 7.05 Å². The first-order chi connectivity index (χ1) is 14.2. The molecule has 8 heteroatoms. The predicted octanol–water partition coefficient (Wildman–Crippen LogP) is 2.99. The minimum Gasteiger partial charge on any atom is -0.497 e. The van der Waals surface area contributed by atoms with E-state index in [2.05, 4.69) is 0 Å². The molecule has 0 amide bonds. The molecule has 0 aromatic heterocycles. The molecular formula is C22H27NO6S. The monoisotopic (exact) mass is 433 g/mol. The number of benzene rings is 2. The zero-order chi connectivity index (χ0) is 21.9. The van der Waals surface area contributed by atoms with Crippen molar-refractivity contribution >= 4 is 16.0 Å². The molecule has 0 spiro atoms. The van der Waals surface area contributed by atoms with Gasteiger partial charge in [0.1, 0.15) is 11.8 Å². The number of rotatable bonds is 7. The lowest BCUT2D eigenvalue weighted by Crippen LogP contribution is -2.48. The third-order valence-corrected chi connectivity index (χ3v) is 7.64. The summed E-state index contributed by atoms with van der Waals surface area (Å²) in [7, 11) is -1.08. The lowest BCUT2D eigenvalue weighted by atomic mass is 9.82. The lowest BCUT2D eigenvalue weighted by molar-refractivity contribution is -0.143. The Labute approximate surface area is 177 Å². The van der Waals surface area contributed by atoms with Crippen LogP contribution >= 0.6 is 0 Å². The highest BCUT2D eigenvalue weighted by atomic mass is 32.2. The molecule has 1 aliphatic rings. The number of carboxylic acids is 1. The van der Waals surface area contributed by atoms with E-state index in [0.717, 1.165) is 21.2 Å². The summed E-state index contributed by atoms with van der Waals surface area (Å²) in [6, 6.07) is 12.6. The quantitative estimate of drug-likeness (QED) is 0.696. The van der Waals surface area contributed by atoms with Gasteiger partial charge in [-0.25, -0.2) is 8.42 Å². The molecule has 1 atom stereocenters. The minimum atomic E-state index is -3.99. The maximum Gasteiger partial charge on any atom is 0.322 e. The maximum atomic E-state index is 13.1. The number of carbonyl (C=O) groups is 1. The van der Waals surface area contributed by atoms with Gasteiger partial charge in [0.15, 0.2) is 0 Å². The van der Waals surface area contributed by atoms with Crippen molar-refractivity contribution < 1.29 is 28.2 Å². The molecule has 7 nitrogen and oxygen atoms in total. The molecule has 2 aromatic carbocycles. The molecular weight excluding hydrogens is 406 g/mol. The number of carboxylic acid groups (broad SMARTS) is 1. The van der Waals surface area contributed by atoms with Gasteiger partial charge in [-0.3, -0.25) is 4.79 Å². The predicted molar refractivity (Wildman–Crippen MR) is 113 cm³/mol. The topological polar surface area (TPSA) is 104 Å². The second-order valence-electron chi connectivity index (χ2n) is 7.63. The number of aliphatic hydroxyl groups excluding tert-OH is 1. The van der Waals surface area contributed by atoms with Crippen molar-refractivity contribution in [3.05, 3.63) is 48.5 Å². The molecule has 1 fully saturated rings. The van der Waals surface area contributed by atoms with Crippen LogP contribution < -0.4 is 4.74 Å². The molecule has 30 heavy (non-hydrogen) atoms. The Morgan fingerprint density at radius 2 is 1.50 bits per heavy atom. The first-order valence-corrected chi connectivity index (χ1v) is 11.3. The average molecular weight is 434 g/mol. The van der Waals surface area contributed by atoms with Crippen molar-refractivity contribution in [3.8, 4) is 16.9 Å². The van der Waals surface area contributed by atoms with Gasteiger partial charge in [0.2, 0.25) is 10.0 Å². The molecule has 0 radical (unpaired) electrons. The van der Waals surface area contributed by atoms with Crippen LogP contribution in [0.25, 0.3) is 11.1 Å². The summed E-state index contributed by atoms with van der Waals surface area (Å²) in [4.78, 5) is 12.0. The smallest absolute Gasteiger partial charge is 0.322 e. The van der Waals surface area contributed by atoms with Crippen LogP contribution in [0, 0.1) is 5.92 Å². The molecule has 2 aromatic rings. The van der Waals surface area contributed by atoms with Gasteiger partial charge >= 0.3 is 5.97 Å². The van der Waals surface area contributed by atoms with Crippen molar-refractivity contribution in [1.29, 1.82) is 0 Å². The fourth-order valence-corrected chi connectivity index (χ4v) is 5.36. The Kier molecular flexibility index (Phi) is 6.80. The number of hydrogen-bond acceptors (Lipinski definition) is 5. The van der Waals surface area contributed by atoms with Crippen LogP contribution in [0.3, 0.4) is 0 Å². The van der Waals surface area contributed by atoms with Crippen molar-refractivity contribution in [2.45, 2.75) is 42.7 Å². The Hall–Kier alpha value is -2.42. The summed E-state index contributed by atoms with van der Waals surface area (Å²) in [5, 5.41) is 19.4. The average Bonchev–Trinajstić information content (AvgIpc) is 2.75. The van der Waals surface area contributed by atoms with E-state index in [9.17, 15) is 23.4 Å². The zero-order valence-corrected chi connectivity index (χ0v) is 17.9. The van der Waals surface area contributed by atoms with Gasteiger partial charge in [0.05, 0.1) is 18.1 Å². The molecule has 0 saturated heterocycles.